The first-order valence-electron chi connectivity index (χ1n) is 7.11. The molecule has 5 nitrogen and oxygen atoms in total. The van der Waals surface area contributed by atoms with Crippen LogP contribution >= 0.6 is 0 Å². The third-order valence-electron chi connectivity index (χ3n) is 2.57. The van der Waals surface area contributed by atoms with Gasteiger partial charge in [-0.05, 0) is 33.6 Å². The Bertz CT molecular complexity index is 300. The molecule has 20 heavy (non-hydrogen) atoms. The van der Waals surface area contributed by atoms with Crippen LogP contribution in [0.25, 0.3) is 0 Å². The Morgan fingerprint density at radius 3 is 2.70 bits per heavy atom. The molecular formula is C15H26O5. The van der Waals surface area contributed by atoms with E-state index in [0.717, 1.165) is 19.4 Å². The van der Waals surface area contributed by atoms with Crippen LogP contribution in [0.3, 0.4) is 0 Å². The van der Waals surface area contributed by atoms with Gasteiger partial charge in [0.15, 0.2) is 0 Å². The van der Waals surface area contributed by atoms with Crippen molar-refractivity contribution in [3.05, 3.63) is 12.2 Å². The van der Waals surface area contributed by atoms with Gasteiger partial charge in [-0.2, -0.15) is 0 Å². The number of hydrogen-bond donors (Lipinski definition) is 0. The van der Waals surface area contributed by atoms with Crippen LogP contribution in [0.4, 0.5) is 0 Å². The molecule has 1 rings (SSSR count). The van der Waals surface area contributed by atoms with Crippen molar-refractivity contribution >= 4 is 5.97 Å². The molecule has 0 aromatic carbocycles. The SMILES string of the molecule is CC(C)(C)OC(=O)COC/C=C\COC1CCCOC1. The smallest absolute Gasteiger partial charge is 0.332 e. The first-order chi connectivity index (χ1) is 9.47. The molecule has 116 valence electrons. The zero-order valence-corrected chi connectivity index (χ0v) is 12.7. The van der Waals surface area contributed by atoms with E-state index in [2.05, 4.69) is 0 Å². The maximum atomic E-state index is 11.3. The summed E-state index contributed by atoms with van der Waals surface area (Å²) in [7, 11) is 0. The second kappa shape index (κ2) is 9.10. The molecule has 0 aromatic rings. The quantitative estimate of drug-likeness (QED) is 0.407. The molecule has 1 aliphatic rings. The number of carbonyl (C=O) groups excluding carboxylic acids is 1. The average Bonchev–Trinajstić information content (AvgIpc) is 2.37. The summed E-state index contributed by atoms with van der Waals surface area (Å²) >= 11 is 0. The van der Waals surface area contributed by atoms with E-state index in [4.69, 9.17) is 18.9 Å². The monoisotopic (exact) mass is 286 g/mol. The molecule has 0 saturated carbocycles. The zero-order valence-electron chi connectivity index (χ0n) is 12.7. The van der Waals surface area contributed by atoms with E-state index >= 15 is 0 Å². The van der Waals surface area contributed by atoms with Crippen molar-refractivity contribution in [3.8, 4) is 0 Å². The predicted molar refractivity (Wildman–Crippen MR) is 75.6 cm³/mol. The van der Waals surface area contributed by atoms with E-state index < -0.39 is 5.60 Å². The van der Waals surface area contributed by atoms with Gasteiger partial charge in [0.25, 0.3) is 0 Å². The minimum absolute atomic E-state index is 0.0288. The fourth-order valence-electron chi connectivity index (χ4n) is 1.75. The first kappa shape index (κ1) is 17.1. The Balaban J connectivity index is 1.97. The number of hydrogen-bond acceptors (Lipinski definition) is 5. The second-order valence-electron chi connectivity index (χ2n) is 5.75. The fourth-order valence-corrected chi connectivity index (χ4v) is 1.75. The van der Waals surface area contributed by atoms with Gasteiger partial charge in [0.2, 0.25) is 0 Å². The summed E-state index contributed by atoms with van der Waals surface area (Å²) in [6.07, 6.45) is 6.06. The lowest BCUT2D eigenvalue weighted by molar-refractivity contribution is -0.159. The van der Waals surface area contributed by atoms with Gasteiger partial charge in [0.1, 0.15) is 12.2 Å². The van der Waals surface area contributed by atoms with Crippen molar-refractivity contribution in [3.63, 3.8) is 0 Å². The van der Waals surface area contributed by atoms with Crippen LogP contribution in [-0.4, -0.2) is 50.7 Å². The molecule has 0 radical (unpaired) electrons. The minimum Gasteiger partial charge on any atom is -0.458 e. The number of ether oxygens (including phenoxy) is 4. The lowest BCUT2D eigenvalue weighted by Crippen LogP contribution is -2.26. The number of carbonyl (C=O) groups is 1. The molecule has 0 N–H and O–H groups in total. The van der Waals surface area contributed by atoms with E-state index in [-0.39, 0.29) is 18.7 Å². The third-order valence-corrected chi connectivity index (χ3v) is 2.57. The Morgan fingerprint density at radius 1 is 1.30 bits per heavy atom. The number of esters is 1. The summed E-state index contributed by atoms with van der Waals surface area (Å²) in [6, 6.07) is 0. The zero-order chi connectivity index (χ0) is 14.8. The summed E-state index contributed by atoms with van der Waals surface area (Å²) in [5.41, 5.74) is -0.466. The van der Waals surface area contributed by atoms with Gasteiger partial charge < -0.3 is 18.9 Å². The van der Waals surface area contributed by atoms with Crippen molar-refractivity contribution < 1.29 is 23.7 Å². The molecule has 1 atom stereocenters. The Morgan fingerprint density at radius 2 is 2.05 bits per heavy atom. The second-order valence-corrected chi connectivity index (χ2v) is 5.75. The van der Waals surface area contributed by atoms with Gasteiger partial charge in [-0.3, -0.25) is 0 Å². The Labute approximate surface area is 121 Å². The molecule has 1 unspecified atom stereocenters. The van der Waals surface area contributed by atoms with Crippen LogP contribution in [-0.2, 0) is 23.7 Å². The van der Waals surface area contributed by atoms with Gasteiger partial charge >= 0.3 is 5.97 Å². The maximum Gasteiger partial charge on any atom is 0.332 e. The van der Waals surface area contributed by atoms with Crippen LogP contribution in [0.5, 0.6) is 0 Å². The van der Waals surface area contributed by atoms with Crippen molar-refractivity contribution in [1.82, 2.24) is 0 Å². The fraction of sp³-hybridized carbons (Fsp3) is 0.800. The summed E-state index contributed by atoms with van der Waals surface area (Å²) < 4.78 is 21.2. The average molecular weight is 286 g/mol. The van der Waals surface area contributed by atoms with E-state index in [1.807, 2.05) is 32.9 Å². The van der Waals surface area contributed by atoms with Crippen LogP contribution in [0, 0.1) is 0 Å². The molecule has 0 bridgehead atoms. The molecule has 1 fully saturated rings. The van der Waals surface area contributed by atoms with Crippen LogP contribution in [0.2, 0.25) is 0 Å². The maximum absolute atomic E-state index is 11.3. The van der Waals surface area contributed by atoms with Crippen molar-refractivity contribution in [2.45, 2.75) is 45.3 Å². The highest BCUT2D eigenvalue weighted by atomic mass is 16.6. The molecular weight excluding hydrogens is 260 g/mol. The molecule has 0 spiro atoms. The van der Waals surface area contributed by atoms with Crippen molar-refractivity contribution in [2.24, 2.45) is 0 Å². The highest BCUT2D eigenvalue weighted by molar-refractivity contribution is 5.71. The topological polar surface area (TPSA) is 54.0 Å². The van der Waals surface area contributed by atoms with E-state index in [0.29, 0.717) is 19.8 Å². The van der Waals surface area contributed by atoms with Crippen LogP contribution in [0.15, 0.2) is 12.2 Å². The van der Waals surface area contributed by atoms with Gasteiger partial charge in [-0.25, -0.2) is 4.79 Å². The van der Waals surface area contributed by atoms with Crippen LogP contribution < -0.4 is 0 Å². The van der Waals surface area contributed by atoms with E-state index in [1.165, 1.54) is 0 Å². The van der Waals surface area contributed by atoms with Crippen molar-refractivity contribution in [1.29, 1.82) is 0 Å². The molecule has 1 aliphatic heterocycles. The van der Waals surface area contributed by atoms with E-state index in [9.17, 15) is 4.79 Å². The predicted octanol–water partition coefficient (Wildman–Crippen LogP) is 2.10. The van der Waals surface area contributed by atoms with E-state index in [1.54, 1.807) is 0 Å². The highest BCUT2D eigenvalue weighted by Crippen LogP contribution is 2.09. The van der Waals surface area contributed by atoms with Gasteiger partial charge in [-0.1, -0.05) is 12.2 Å². The molecule has 1 heterocycles. The lowest BCUT2D eigenvalue weighted by Gasteiger charge is -2.21. The lowest BCUT2D eigenvalue weighted by atomic mass is 10.2. The Kier molecular flexibility index (Phi) is 7.80. The Hall–Kier alpha value is -0.910. The summed E-state index contributed by atoms with van der Waals surface area (Å²) in [4.78, 5) is 11.3. The summed E-state index contributed by atoms with van der Waals surface area (Å²) in [6.45, 7) is 7.91. The van der Waals surface area contributed by atoms with Gasteiger partial charge in [-0.15, -0.1) is 0 Å². The number of rotatable bonds is 7. The normalized spacial score (nSPS) is 20.2. The van der Waals surface area contributed by atoms with Crippen LogP contribution in [0.1, 0.15) is 33.6 Å². The molecule has 5 heteroatoms. The van der Waals surface area contributed by atoms with Gasteiger partial charge in [0, 0.05) is 6.61 Å². The minimum atomic E-state index is -0.466. The van der Waals surface area contributed by atoms with Crippen molar-refractivity contribution in [2.75, 3.05) is 33.0 Å². The molecule has 0 amide bonds. The molecule has 1 saturated heterocycles. The molecule has 0 aliphatic carbocycles. The highest BCUT2D eigenvalue weighted by Gasteiger charge is 2.15. The largest absolute Gasteiger partial charge is 0.458 e. The third kappa shape index (κ3) is 9.07. The standard InChI is InChI=1S/C15H26O5/c1-15(2,3)20-14(16)12-18-8-4-5-10-19-13-7-6-9-17-11-13/h4-5,13H,6-12H2,1-3H3/b5-4-. The first-order valence-corrected chi connectivity index (χ1v) is 7.11. The van der Waals surface area contributed by atoms with Gasteiger partial charge in [0.05, 0.1) is 25.9 Å². The molecule has 0 aromatic heterocycles. The summed E-state index contributed by atoms with van der Waals surface area (Å²) in [5.74, 6) is -0.346. The summed E-state index contributed by atoms with van der Waals surface area (Å²) in [5, 5.41) is 0.